The number of carbonyl (C=O) groups excluding carboxylic acids is 2. The summed E-state index contributed by atoms with van der Waals surface area (Å²) in [7, 11) is 1.29. The average molecular weight is 564 g/mol. The minimum atomic E-state index is -4.60. The summed E-state index contributed by atoms with van der Waals surface area (Å²) in [6.45, 7) is 1.97. The monoisotopic (exact) mass is 563 g/mol. The molecule has 0 spiro atoms. The highest BCUT2D eigenvalue weighted by molar-refractivity contribution is 6.31. The number of hydrogen-bond acceptors (Lipinski definition) is 7. The van der Waals surface area contributed by atoms with E-state index in [1.54, 1.807) is 19.1 Å². The van der Waals surface area contributed by atoms with Gasteiger partial charge in [-0.3, -0.25) is 9.59 Å². The van der Waals surface area contributed by atoms with Gasteiger partial charge in [0.2, 0.25) is 5.91 Å². The molecule has 2 heterocycles. The first-order valence-corrected chi connectivity index (χ1v) is 12.2. The van der Waals surface area contributed by atoms with Crippen molar-refractivity contribution in [3.05, 3.63) is 76.3 Å². The molecule has 206 valence electrons. The number of methoxy groups -OCH3 is 1. The van der Waals surface area contributed by atoms with Crippen LogP contribution in [0.2, 0.25) is 5.02 Å². The van der Waals surface area contributed by atoms with Crippen LogP contribution >= 0.6 is 11.6 Å². The third-order valence-corrected chi connectivity index (χ3v) is 6.51. The second-order valence-electron chi connectivity index (χ2n) is 8.88. The fraction of sp³-hybridized carbons (Fsp3) is 0.308. The van der Waals surface area contributed by atoms with Gasteiger partial charge in [0.15, 0.2) is 0 Å². The number of aryl methyl sites for hydroxylation is 1. The number of anilines is 2. The summed E-state index contributed by atoms with van der Waals surface area (Å²) in [5.41, 5.74) is -1.31. The minimum Gasteiger partial charge on any atom is -0.497 e. The van der Waals surface area contributed by atoms with E-state index in [1.165, 1.54) is 37.7 Å². The molecule has 0 aliphatic carbocycles. The third-order valence-electron chi connectivity index (χ3n) is 6.16. The molecule has 3 N–H and O–H groups in total. The highest BCUT2D eigenvalue weighted by Crippen LogP contribution is 2.38. The van der Waals surface area contributed by atoms with E-state index in [9.17, 15) is 22.8 Å². The van der Waals surface area contributed by atoms with Gasteiger partial charge in [0.05, 0.1) is 30.5 Å². The van der Waals surface area contributed by atoms with Gasteiger partial charge < -0.3 is 25.4 Å². The molecule has 0 radical (unpaired) electrons. The lowest BCUT2D eigenvalue weighted by Crippen LogP contribution is -2.59. The summed E-state index contributed by atoms with van der Waals surface area (Å²) in [4.78, 5) is 33.9. The van der Waals surface area contributed by atoms with Crippen LogP contribution in [0.25, 0.3) is 0 Å². The number of halogens is 4. The van der Waals surface area contributed by atoms with Gasteiger partial charge >= 0.3 is 6.18 Å². The highest BCUT2D eigenvalue weighted by Gasteiger charge is 2.44. The summed E-state index contributed by atoms with van der Waals surface area (Å²) in [6, 6.07) is 8.18. The van der Waals surface area contributed by atoms with Gasteiger partial charge in [-0.15, -0.1) is 0 Å². The Labute approximate surface area is 227 Å². The quantitative estimate of drug-likeness (QED) is 0.372. The molecule has 4 rings (SSSR count). The zero-order valence-corrected chi connectivity index (χ0v) is 21.7. The molecule has 2 aromatic carbocycles. The molecule has 1 aliphatic heterocycles. The second kappa shape index (κ2) is 11.5. The van der Waals surface area contributed by atoms with Crippen molar-refractivity contribution in [3.8, 4) is 5.75 Å². The molecule has 0 bridgehead atoms. The molecule has 3 aromatic rings. The van der Waals surface area contributed by atoms with E-state index in [2.05, 4.69) is 25.9 Å². The fourth-order valence-corrected chi connectivity index (χ4v) is 4.21. The van der Waals surface area contributed by atoms with Crippen molar-refractivity contribution in [2.45, 2.75) is 31.6 Å². The number of hydrogen-bond donors (Lipinski definition) is 3. The normalized spacial score (nSPS) is 17.0. The summed E-state index contributed by atoms with van der Waals surface area (Å²) in [5, 5.41) is 8.46. The van der Waals surface area contributed by atoms with Gasteiger partial charge in [-0.1, -0.05) is 17.7 Å². The topological polar surface area (TPSA) is 114 Å². The number of amides is 2. The molecule has 1 aliphatic rings. The Morgan fingerprint density at radius 3 is 2.51 bits per heavy atom. The number of nitrogens with one attached hydrogen (secondary N) is 3. The summed E-state index contributed by atoms with van der Waals surface area (Å²) < 4.78 is 50.9. The fourth-order valence-electron chi connectivity index (χ4n) is 3.96. The van der Waals surface area contributed by atoms with Crippen LogP contribution in [-0.4, -0.2) is 47.6 Å². The van der Waals surface area contributed by atoms with E-state index in [0.29, 0.717) is 17.1 Å². The molecule has 1 saturated heterocycles. The van der Waals surface area contributed by atoms with Gasteiger partial charge in [-0.25, -0.2) is 9.97 Å². The van der Waals surface area contributed by atoms with Crippen LogP contribution in [0.15, 0.2) is 48.8 Å². The zero-order chi connectivity index (χ0) is 28.2. The largest absolute Gasteiger partial charge is 0.497 e. The Balaban J connectivity index is 1.44. The molecule has 13 heteroatoms. The van der Waals surface area contributed by atoms with Crippen molar-refractivity contribution >= 4 is 34.8 Å². The predicted octanol–water partition coefficient (Wildman–Crippen LogP) is 4.41. The first-order valence-electron chi connectivity index (χ1n) is 11.8. The molecule has 1 fully saturated rings. The van der Waals surface area contributed by atoms with Crippen LogP contribution in [0.3, 0.4) is 0 Å². The molecule has 39 heavy (non-hydrogen) atoms. The van der Waals surface area contributed by atoms with Crippen molar-refractivity contribution in [2.75, 3.05) is 25.6 Å². The summed E-state index contributed by atoms with van der Waals surface area (Å²) in [6.07, 6.45) is -1.60. The molecule has 1 atom stereocenters. The van der Waals surface area contributed by atoms with Crippen molar-refractivity contribution in [3.63, 3.8) is 0 Å². The number of rotatable bonds is 8. The van der Waals surface area contributed by atoms with Crippen molar-refractivity contribution in [2.24, 2.45) is 0 Å². The number of alkyl halides is 3. The van der Waals surface area contributed by atoms with Crippen molar-refractivity contribution < 1.29 is 32.2 Å². The lowest BCUT2D eigenvalue weighted by Gasteiger charge is -2.27. The van der Waals surface area contributed by atoms with E-state index >= 15 is 0 Å². The Hall–Kier alpha value is -3.90. The predicted molar refractivity (Wildman–Crippen MR) is 137 cm³/mol. The second-order valence-corrected chi connectivity index (χ2v) is 9.29. The molecular weight excluding hydrogens is 539 g/mol. The number of carbonyl (C=O) groups is 2. The van der Waals surface area contributed by atoms with E-state index in [-0.39, 0.29) is 48.2 Å². The summed E-state index contributed by atoms with van der Waals surface area (Å²) in [5.74, 6) is -0.398. The maximum absolute atomic E-state index is 13.5. The Kier molecular flexibility index (Phi) is 8.26. The zero-order valence-electron chi connectivity index (χ0n) is 21.0. The Bertz CT molecular complexity index is 1360. The van der Waals surface area contributed by atoms with Gasteiger partial charge in [0.1, 0.15) is 17.1 Å². The number of benzene rings is 2. The van der Waals surface area contributed by atoms with Crippen LogP contribution in [-0.2, 0) is 22.3 Å². The van der Waals surface area contributed by atoms with Crippen molar-refractivity contribution in [1.82, 2.24) is 20.6 Å². The first kappa shape index (κ1) is 28.1. The highest BCUT2D eigenvalue weighted by atomic mass is 35.5. The third kappa shape index (κ3) is 6.58. The summed E-state index contributed by atoms with van der Waals surface area (Å²) >= 11 is 6.39. The van der Waals surface area contributed by atoms with Crippen LogP contribution in [0.1, 0.15) is 33.7 Å². The number of ether oxygens (including phenoxy) is 2. The average Bonchev–Trinajstić information content (AvgIpc) is 3.37. The molecule has 9 nitrogen and oxygen atoms in total. The van der Waals surface area contributed by atoms with Crippen LogP contribution < -0.4 is 20.7 Å². The van der Waals surface area contributed by atoms with Crippen LogP contribution in [0.4, 0.5) is 24.5 Å². The Morgan fingerprint density at radius 1 is 1.15 bits per heavy atom. The van der Waals surface area contributed by atoms with E-state index in [4.69, 9.17) is 21.1 Å². The van der Waals surface area contributed by atoms with E-state index in [1.807, 2.05) is 0 Å². The maximum Gasteiger partial charge on any atom is 0.418 e. The SMILES string of the molecule is COc1ccc(Nc2ccc(CNC(=O)C3(NC(=O)c4cnc(C)nc4)CCOC3)c(Cl)c2)c(C(F)(F)F)c1. The van der Waals surface area contributed by atoms with E-state index in [0.717, 1.165) is 6.07 Å². The molecular formula is C26H25ClF3N5O4. The lowest BCUT2D eigenvalue weighted by atomic mass is 9.96. The number of aromatic nitrogens is 2. The Morgan fingerprint density at radius 2 is 1.90 bits per heavy atom. The molecule has 0 saturated carbocycles. The van der Waals surface area contributed by atoms with Gasteiger partial charge in [-0.2, -0.15) is 13.2 Å². The van der Waals surface area contributed by atoms with Crippen molar-refractivity contribution in [1.29, 1.82) is 0 Å². The molecule has 1 aromatic heterocycles. The smallest absolute Gasteiger partial charge is 0.418 e. The minimum absolute atomic E-state index is 0.0134. The maximum atomic E-state index is 13.5. The van der Waals surface area contributed by atoms with E-state index < -0.39 is 29.1 Å². The molecule has 1 unspecified atom stereocenters. The van der Waals surface area contributed by atoms with Crippen LogP contribution in [0, 0.1) is 6.92 Å². The van der Waals surface area contributed by atoms with Gasteiger partial charge in [-0.05, 0) is 42.8 Å². The molecule has 2 amide bonds. The lowest BCUT2D eigenvalue weighted by molar-refractivity contribution is -0.137. The standard InChI is InChI=1S/C26H25ClF3N5O4/c1-15-31-12-17(13-32-15)23(36)35-25(7-8-39-14-25)24(37)33-11-16-3-4-18(9-21(16)27)34-22-6-5-19(38-2)10-20(22)26(28,29)30/h3-6,9-10,12-13,34H,7-8,11,14H2,1-2H3,(H,33,37)(H,35,36). The van der Waals surface area contributed by atoms with Gasteiger partial charge in [0, 0.05) is 42.7 Å². The number of nitrogens with zero attached hydrogens (tertiary/aromatic N) is 2. The first-order chi connectivity index (χ1) is 18.5. The van der Waals surface area contributed by atoms with Gasteiger partial charge in [0.25, 0.3) is 5.91 Å². The van der Waals surface area contributed by atoms with Crippen LogP contribution in [0.5, 0.6) is 5.75 Å².